The van der Waals surface area contributed by atoms with Crippen molar-refractivity contribution in [1.82, 2.24) is 29.7 Å². The Bertz CT molecular complexity index is 1160. The lowest BCUT2D eigenvalue weighted by atomic mass is 9.99. The maximum atomic E-state index is 12.4. The molecule has 0 radical (unpaired) electrons. The van der Waals surface area contributed by atoms with Crippen molar-refractivity contribution >= 4 is 34.6 Å². The second-order valence-corrected chi connectivity index (χ2v) is 7.89. The van der Waals surface area contributed by atoms with Gasteiger partial charge in [0.25, 0.3) is 0 Å². The Morgan fingerprint density at radius 2 is 2.18 bits per heavy atom. The van der Waals surface area contributed by atoms with E-state index < -0.39 is 24.7 Å². The Morgan fingerprint density at radius 1 is 1.35 bits per heavy atom. The molecule has 3 aromatic rings. The van der Waals surface area contributed by atoms with E-state index in [9.17, 15) is 23.1 Å². The number of hydrogen-bond acceptors (Lipinski definition) is 9. The quantitative estimate of drug-likeness (QED) is 0.464. The maximum Gasteiger partial charge on any atom is 0.411 e. The Kier molecular flexibility index (Phi) is 6.77. The number of ether oxygens (including phenoxy) is 1. The van der Waals surface area contributed by atoms with Crippen molar-refractivity contribution < 1.29 is 27.8 Å². The number of nitrogens with one attached hydrogen (secondary N) is 1. The van der Waals surface area contributed by atoms with E-state index in [4.69, 9.17) is 4.74 Å². The van der Waals surface area contributed by atoms with Crippen molar-refractivity contribution in [2.24, 2.45) is 5.92 Å². The van der Waals surface area contributed by atoms with E-state index in [0.29, 0.717) is 53.7 Å². The fourth-order valence-corrected chi connectivity index (χ4v) is 3.79. The van der Waals surface area contributed by atoms with E-state index in [2.05, 4.69) is 30.4 Å². The van der Waals surface area contributed by atoms with Crippen molar-refractivity contribution in [2.45, 2.75) is 32.5 Å². The number of aliphatic carboxylic acids is 1. The van der Waals surface area contributed by atoms with Crippen LogP contribution >= 0.6 is 0 Å². The fourth-order valence-electron chi connectivity index (χ4n) is 3.79. The minimum Gasteiger partial charge on any atom is -0.481 e. The molecule has 3 aromatic heterocycles. The van der Waals surface area contributed by atoms with Gasteiger partial charge in [0.15, 0.2) is 5.82 Å². The van der Waals surface area contributed by atoms with Crippen molar-refractivity contribution in [2.75, 3.05) is 36.5 Å². The van der Waals surface area contributed by atoms with Crippen molar-refractivity contribution in [1.29, 1.82) is 0 Å². The molecule has 4 rings (SSSR count). The number of carboxylic acid groups (broad SMARTS) is 1. The van der Waals surface area contributed by atoms with Gasteiger partial charge in [0.1, 0.15) is 29.8 Å². The summed E-state index contributed by atoms with van der Waals surface area (Å²) in [5, 5.41) is 17.0. The number of anilines is 3. The van der Waals surface area contributed by atoms with Crippen LogP contribution in [0.5, 0.6) is 0 Å². The first-order valence-corrected chi connectivity index (χ1v) is 10.6. The van der Waals surface area contributed by atoms with Crippen LogP contribution in [0.1, 0.15) is 18.5 Å². The van der Waals surface area contributed by atoms with Crippen LogP contribution in [0.25, 0.3) is 11.0 Å². The predicted octanol–water partition coefficient (Wildman–Crippen LogP) is 2.55. The molecule has 1 fully saturated rings. The molecule has 0 spiro atoms. The third-order valence-corrected chi connectivity index (χ3v) is 5.34. The Balaban J connectivity index is 1.69. The van der Waals surface area contributed by atoms with Crippen LogP contribution in [0.4, 0.5) is 30.8 Å². The smallest absolute Gasteiger partial charge is 0.411 e. The van der Waals surface area contributed by atoms with E-state index in [0.717, 1.165) is 0 Å². The van der Waals surface area contributed by atoms with Gasteiger partial charge in [-0.25, -0.2) is 15.0 Å². The van der Waals surface area contributed by atoms with Crippen LogP contribution in [-0.4, -0.2) is 73.3 Å². The molecule has 0 unspecified atom stereocenters. The van der Waals surface area contributed by atoms with Gasteiger partial charge >= 0.3 is 12.1 Å². The average molecular weight is 480 g/mol. The lowest BCUT2D eigenvalue weighted by Crippen LogP contribution is -2.39. The summed E-state index contributed by atoms with van der Waals surface area (Å²) in [6.07, 6.45) is -0.250. The summed E-state index contributed by atoms with van der Waals surface area (Å²) < 4.78 is 43.5. The lowest BCUT2D eigenvalue weighted by molar-refractivity contribution is -0.174. The summed E-state index contributed by atoms with van der Waals surface area (Å²) in [6, 6.07) is 1.63. The average Bonchev–Trinajstić information content (AvgIpc) is 3.12. The Hall–Kier alpha value is -3.55. The molecule has 0 aliphatic carbocycles. The predicted molar refractivity (Wildman–Crippen MR) is 115 cm³/mol. The number of rotatable bonds is 8. The summed E-state index contributed by atoms with van der Waals surface area (Å²) in [6.45, 7) is 1.09. The molecule has 2 N–H and O–H groups in total. The zero-order valence-corrected chi connectivity index (χ0v) is 18.3. The van der Waals surface area contributed by atoms with Gasteiger partial charge in [-0.2, -0.15) is 23.3 Å². The first kappa shape index (κ1) is 23.6. The molecular weight excluding hydrogens is 457 g/mol. The molecule has 1 saturated heterocycles. The van der Waals surface area contributed by atoms with Crippen molar-refractivity contribution in [3.8, 4) is 0 Å². The van der Waals surface area contributed by atoms with Crippen LogP contribution in [0.2, 0.25) is 0 Å². The van der Waals surface area contributed by atoms with E-state index in [-0.39, 0.29) is 19.7 Å². The van der Waals surface area contributed by atoms with Crippen LogP contribution in [0.3, 0.4) is 0 Å². The van der Waals surface area contributed by atoms with Gasteiger partial charge in [-0.15, -0.1) is 0 Å². The molecule has 1 aliphatic rings. The van der Waals surface area contributed by atoms with Gasteiger partial charge in [0.2, 0.25) is 5.95 Å². The largest absolute Gasteiger partial charge is 0.481 e. The Labute approximate surface area is 192 Å². The zero-order chi connectivity index (χ0) is 24.3. The number of hydrogen-bond donors (Lipinski definition) is 2. The minimum absolute atomic E-state index is 0.0480. The van der Waals surface area contributed by atoms with Gasteiger partial charge < -0.3 is 20.1 Å². The number of aromatic nitrogens is 6. The molecule has 1 atom stereocenters. The lowest BCUT2D eigenvalue weighted by Gasteiger charge is -2.31. The fraction of sp³-hybridized carbons (Fsp3) is 0.500. The molecule has 0 amide bonds. The first-order chi connectivity index (χ1) is 16.2. The molecule has 0 saturated carbocycles. The summed E-state index contributed by atoms with van der Waals surface area (Å²) in [5.74, 6) is -0.269. The number of carboxylic acids is 1. The van der Waals surface area contributed by atoms with Gasteiger partial charge in [-0.1, -0.05) is 0 Å². The maximum absolute atomic E-state index is 12.4. The summed E-state index contributed by atoms with van der Waals surface area (Å²) in [5.41, 5.74) is 1.52. The molecular formula is C20H23F3N8O3. The number of nitrogens with zero attached hydrogens (tertiary/aromatic N) is 7. The highest BCUT2D eigenvalue weighted by atomic mass is 19.4. The van der Waals surface area contributed by atoms with Crippen molar-refractivity contribution in [3.63, 3.8) is 0 Å². The monoisotopic (exact) mass is 480 g/mol. The molecule has 34 heavy (non-hydrogen) atoms. The standard InChI is InChI=1S/C20H23F3N8O3/c1-12-15-16(31(29-12)7-8-34-10-20(21,22)23)17(26-14-4-5-24-11-25-14)28-19(27-15)30-6-2-3-13(9-30)18(32)33/h4-5,11,13H,2-3,6-10H2,1H3,(H,32,33)(H,24,25,26,27,28)/t13-/m0/s1. The van der Waals surface area contributed by atoms with E-state index >= 15 is 0 Å². The SMILES string of the molecule is Cc1nn(CCOCC(F)(F)F)c2c(Nc3ccncn3)nc(N3CCC[C@H](C(=O)O)C3)nc12. The second-order valence-electron chi connectivity index (χ2n) is 7.89. The van der Waals surface area contributed by atoms with Crippen molar-refractivity contribution in [3.05, 3.63) is 24.3 Å². The molecule has 1 aliphatic heterocycles. The van der Waals surface area contributed by atoms with Crippen LogP contribution in [0, 0.1) is 12.8 Å². The first-order valence-electron chi connectivity index (χ1n) is 10.6. The number of halogens is 3. The molecule has 182 valence electrons. The van der Waals surface area contributed by atoms with E-state index in [1.165, 1.54) is 11.0 Å². The number of piperidine rings is 1. The number of alkyl halides is 3. The molecule has 0 aromatic carbocycles. The summed E-state index contributed by atoms with van der Waals surface area (Å²) in [7, 11) is 0. The Morgan fingerprint density at radius 3 is 2.88 bits per heavy atom. The third-order valence-electron chi connectivity index (χ3n) is 5.34. The molecule has 14 heteroatoms. The number of aryl methyl sites for hydroxylation is 1. The molecule has 4 heterocycles. The number of fused-ring (bicyclic) bond motifs is 1. The molecule has 11 nitrogen and oxygen atoms in total. The van der Waals surface area contributed by atoms with Crippen LogP contribution in [-0.2, 0) is 16.1 Å². The van der Waals surface area contributed by atoms with Crippen LogP contribution < -0.4 is 10.2 Å². The number of carbonyl (C=O) groups is 1. The highest BCUT2D eigenvalue weighted by molar-refractivity contribution is 5.90. The highest BCUT2D eigenvalue weighted by Gasteiger charge is 2.29. The van der Waals surface area contributed by atoms with Gasteiger partial charge in [-0.3, -0.25) is 9.48 Å². The highest BCUT2D eigenvalue weighted by Crippen LogP contribution is 2.30. The van der Waals surface area contributed by atoms with Gasteiger partial charge in [0.05, 0.1) is 24.8 Å². The second kappa shape index (κ2) is 9.75. The topological polar surface area (TPSA) is 131 Å². The summed E-state index contributed by atoms with van der Waals surface area (Å²) >= 11 is 0. The van der Waals surface area contributed by atoms with E-state index in [1.807, 2.05) is 4.90 Å². The zero-order valence-electron chi connectivity index (χ0n) is 18.3. The molecule has 0 bridgehead atoms. The normalized spacial score (nSPS) is 16.7. The van der Waals surface area contributed by atoms with Gasteiger partial charge in [-0.05, 0) is 25.8 Å². The minimum atomic E-state index is -4.41. The van der Waals surface area contributed by atoms with Gasteiger partial charge in [0, 0.05) is 19.3 Å². The van der Waals surface area contributed by atoms with Crippen LogP contribution in [0.15, 0.2) is 18.6 Å². The van der Waals surface area contributed by atoms with E-state index in [1.54, 1.807) is 19.2 Å². The summed E-state index contributed by atoms with van der Waals surface area (Å²) in [4.78, 5) is 30.6. The third kappa shape index (κ3) is 5.50.